The number of hydrogen-bond donors (Lipinski definition) is 2. The van der Waals surface area contributed by atoms with Crippen molar-refractivity contribution in [2.45, 2.75) is 39.5 Å². The van der Waals surface area contributed by atoms with Gasteiger partial charge in [0.05, 0.1) is 0 Å². The van der Waals surface area contributed by atoms with Crippen molar-refractivity contribution in [1.29, 1.82) is 0 Å². The van der Waals surface area contributed by atoms with Gasteiger partial charge in [0.2, 0.25) is 8.32 Å². The van der Waals surface area contributed by atoms with E-state index in [9.17, 15) is 5.11 Å². The number of aliphatic hydroxyl groups is 1. The number of nitrogens with one attached hydrogen (secondary N) is 1. The molecule has 24 heavy (non-hydrogen) atoms. The van der Waals surface area contributed by atoms with Crippen LogP contribution in [0, 0.1) is 5.41 Å². The third-order valence-corrected chi connectivity index (χ3v) is 5.13. The molecule has 1 aliphatic heterocycles. The quantitative estimate of drug-likeness (QED) is 0.752. The highest BCUT2D eigenvalue weighted by atomic mass is 35.5. The molecule has 6 heteroatoms. The Balaban J connectivity index is 0.00000288. The van der Waals surface area contributed by atoms with Crippen molar-refractivity contribution in [2.75, 3.05) is 32.8 Å². The molecule has 1 aliphatic rings. The number of piperazine rings is 1. The van der Waals surface area contributed by atoms with Crippen LogP contribution >= 0.6 is 12.4 Å². The summed E-state index contributed by atoms with van der Waals surface area (Å²) in [6.07, 6.45) is 0. The highest BCUT2D eigenvalue weighted by Gasteiger charge is 2.35. The predicted octanol–water partition coefficient (Wildman–Crippen LogP) is 3.29. The Morgan fingerprint density at radius 2 is 1.71 bits per heavy atom. The maximum absolute atomic E-state index is 9.90. The van der Waals surface area contributed by atoms with Gasteiger partial charge < -0.3 is 14.8 Å². The summed E-state index contributed by atoms with van der Waals surface area (Å²) in [4.78, 5) is 2.49. The van der Waals surface area contributed by atoms with Crippen molar-refractivity contribution in [1.82, 2.24) is 10.2 Å². The Morgan fingerprint density at radius 1 is 1.17 bits per heavy atom. The van der Waals surface area contributed by atoms with Crippen LogP contribution in [0.15, 0.2) is 24.3 Å². The first-order valence-corrected chi connectivity index (χ1v) is 12.0. The summed E-state index contributed by atoms with van der Waals surface area (Å²) in [6.45, 7) is 15.1. The molecule has 1 atom stereocenters. The molecule has 138 valence electrons. The normalized spacial score (nSPS) is 17.9. The topological polar surface area (TPSA) is 44.7 Å². The lowest BCUT2D eigenvalue weighted by molar-refractivity contribution is 0.0305. The van der Waals surface area contributed by atoms with Gasteiger partial charge in [0.25, 0.3) is 0 Å². The molecule has 1 saturated heterocycles. The highest BCUT2D eigenvalue weighted by molar-refractivity contribution is 6.70. The van der Waals surface area contributed by atoms with Crippen LogP contribution in [0.2, 0.25) is 19.6 Å². The van der Waals surface area contributed by atoms with E-state index in [0.29, 0.717) is 0 Å². The average Bonchev–Trinajstić information content (AvgIpc) is 2.49. The molecule has 0 bridgehead atoms. The van der Waals surface area contributed by atoms with E-state index >= 15 is 0 Å². The summed E-state index contributed by atoms with van der Waals surface area (Å²) < 4.78 is 6.06. The van der Waals surface area contributed by atoms with Gasteiger partial charge in [0.1, 0.15) is 5.75 Å². The van der Waals surface area contributed by atoms with Crippen LogP contribution in [0.25, 0.3) is 0 Å². The van der Waals surface area contributed by atoms with Gasteiger partial charge in [-0.05, 0) is 37.3 Å². The third kappa shape index (κ3) is 5.74. The molecule has 0 spiro atoms. The Morgan fingerprint density at radius 3 is 2.17 bits per heavy atom. The average molecular weight is 373 g/mol. The van der Waals surface area contributed by atoms with E-state index in [2.05, 4.69) is 68.0 Å². The molecule has 0 saturated carbocycles. The monoisotopic (exact) mass is 372 g/mol. The van der Waals surface area contributed by atoms with Gasteiger partial charge in [0.15, 0.2) is 0 Å². The van der Waals surface area contributed by atoms with Crippen LogP contribution < -0.4 is 9.74 Å². The molecule has 0 radical (unpaired) electrons. The van der Waals surface area contributed by atoms with Crippen LogP contribution in [0.4, 0.5) is 0 Å². The maximum atomic E-state index is 9.90. The second kappa shape index (κ2) is 8.67. The third-order valence-electron chi connectivity index (χ3n) is 4.28. The molecule has 0 unspecified atom stereocenters. The van der Waals surface area contributed by atoms with Crippen molar-refractivity contribution in [2.24, 2.45) is 5.41 Å². The first kappa shape index (κ1) is 21.4. The van der Waals surface area contributed by atoms with Gasteiger partial charge in [-0.3, -0.25) is 4.90 Å². The molecule has 0 aliphatic carbocycles. The van der Waals surface area contributed by atoms with E-state index in [0.717, 1.165) is 31.9 Å². The standard InChI is InChI=1S/C18H32N2O2Si.ClH/c1-18(2,14-21)17(20-12-10-19-11-13-20)15-6-8-16(9-7-15)22-23(3,4)5;/h6-9,17,19,21H,10-14H2,1-5H3;1H/t17-;/m1./s1. The van der Waals surface area contributed by atoms with Gasteiger partial charge in [-0.15, -0.1) is 12.4 Å². The first-order valence-electron chi connectivity index (χ1n) is 8.57. The second-order valence-corrected chi connectivity index (χ2v) is 12.5. The summed E-state index contributed by atoms with van der Waals surface area (Å²) in [5.74, 6) is 0.953. The van der Waals surface area contributed by atoms with Crippen LogP contribution in [0.3, 0.4) is 0 Å². The number of benzene rings is 1. The van der Waals surface area contributed by atoms with Gasteiger partial charge in [-0.2, -0.15) is 0 Å². The molecular formula is C18H33ClN2O2Si. The van der Waals surface area contributed by atoms with Crippen molar-refractivity contribution >= 4 is 20.7 Å². The lowest BCUT2D eigenvalue weighted by atomic mass is 9.79. The van der Waals surface area contributed by atoms with Crippen molar-refractivity contribution in [3.8, 4) is 5.75 Å². The fraction of sp³-hybridized carbons (Fsp3) is 0.667. The molecule has 1 fully saturated rings. The Kier molecular flexibility index (Phi) is 7.75. The van der Waals surface area contributed by atoms with E-state index in [1.165, 1.54) is 5.56 Å². The molecule has 0 aromatic heterocycles. The number of aliphatic hydroxyl groups excluding tert-OH is 1. The number of rotatable bonds is 6. The van der Waals surface area contributed by atoms with Crippen LogP contribution in [-0.4, -0.2) is 51.1 Å². The minimum atomic E-state index is -1.58. The van der Waals surface area contributed by atoms with Gasteiger partial charge in [-0.1, -0.05) is 26.0 Å². The minimum Gasteiger partial charge on any atom is -0.544 e. The number of halogens is 1. The summed E-state index contributed by atoms with van der Waals surface area (Å²) in [7, 11) is -1.58. The second-order valence-electron chi connectivity index (χ2n) is 8.12. The molecule has 4 nitrogen and oxygen atoms in total. The van der Waals surface area contributed by atoms with Gasteiger partial charge in [-0.25, -0.2) is 0 Å². The highest BCUT2D eigenvalue weighted by Crippen LogP contribution is 2.38. The zero-order valence-corrected chi connectivity index (χ0v) is 17.4. The van der Waals surface area contributed by atoms with Gasteiger partial charge >= 0.3 is 0 Å². The largest absolute Gasteiger partial charge is 0.544 e. The van der Waals surface area contributed by atoms with E-state index in [1.807, 2.05) is 0 Å². The van der Waals surface area contributed by atoms with Crippen LogP contribution in [0.5, 0.6) is 5.75 Å². The predicted molar refractivity (Wildman–Crippen MR) is 106 cm³/mol. The van der Waals surface area contributed by atoms with Crippen molar-refractivity contribution in [3.63, 3.8) is 0 Å². The summed E-state index contributed by atoms with van der Waals surface area (Å²) in [5.41, 5.74) is 1.08. The smallest absolute Gasteiger partial charge is 0.242 e. The van der Waals surface area contributed by atoms with E-state index in [1.54, 1.807) is 0 Å². The molecule has 2 N–H and O–H groups in total. The summed E-state index contributed by atoms with van der Waals surface area (Å²) >= 11 is 0. The lowest BCUT2D eigenvalue weighted by Gasteiger charge is -2.43. The van der Waals surface area contributed by atoms with E-state index in [-0.39, 0.29) is 30.5 Å². The zero-order valence-electron chi connectivity index (χ0n) is 15.6. The summed E-state index contributed by atoms with van der Waals surface area (Å²) in [5, 5.41) is 13.3. The number of nitrogens with zero attached hydrogens (tertiary/aromatic N) is 1. The first-order chi connectivity index (χ1) is 10.7. The van der Waals surface area contributed by atoms with Gasteiger partial charge in [0, 0.05) is 44.2 Å². The maximum Gasteiger partial charge on any atom is 0.242 e. The zero-order chi connectivity index (χ0) is 17.1. The number of hydrogen-bond acceptors (Lipinski definition) is 4. The lowest BCUT2D eigenvalue weighted by Crippen LogP contribution is -2.49. The molecule has 0 amide bonds. The van der Waals surface area contributed by atoms with E-state index < -0.39 is 8.32 Å². The fourth-order valence-electron chi connectivity index (χ4n) is 3.25. The summed E-state index contributed by atoms with van der Waals surface area (Å²) in [6, 6.07) is 8.71. The molecule has 1 heterocycles. The fourth-order valence-corrected chi connectivity index (χ4v) is 4.10. The Labute approximate surface area is 154 Å². The molecule has 1 aromatic carbocycles. The van der Waals surface area contributed by atoms with Crippen LogP contribution in [0.1, 0.15) is 25.5 Å². The van der Waals surface area contributed by atoms with Crippen molar-refractivity contribution < 1.29 is 9.53 Å². The van der Waals surface area contributed by atoms with Crippen molar-refractivity contribution in [3.05, 3.63) is 29.8 Å². The molecular weight excluding hydrogens is 340 g/mol. The Bertz CT molecular complexity index is 497. The SMILES string of the molecule is CC(C)(CO)[C@@H](c1ccc(O[Si](C)(C)C)cc1)N1CCNCC1.Cl. The molecule has 1 aromatic rings. The van der Waals surface area contributed by atoms with E-state index in [4.69, 9.17) is 4.43 Å². The minimum absolute atomic E-state index is 0. The molecule has 2 rings (SSSR count). The Hall–Kier alpha value is -0.593. The van der Waals surface area contributed by atoms with Crippen LogP contribution in [-0.2, 0) is 0 Å².